The highest BCUT2D eigenvalue weighted by Crippen LogP contribution is 2.15. The van der Waals surface area contributed by atoms with Crippen LogP contribution in [0.25, 0.3) is 11.0 Å². The molecule has 2 heterocycles. The molecule has 7 heteroatoms. The van der Waals surface area contributed by atoms with Crippen LogP contribution < -0.4 is 5.32 Å². The molecule has 22 heavy (non-hydrogen) atoms. The Labute approximate surface area is 127 Å². The molecule has 114 valence electrons. The highest BCUT2D eigenvalue weighted by Gasteiger charge is 2.15. The number of fused-ring (bicyclic) bond motifs is 1. The largest absolute Gasteiger partial charge is 0.348 e. The summed E-state index contributed by atoms with van der Waals surface area (Å²) < 4.78 is 3.35. The maximum atomic E-state index is 12.2. The number of hydrogen-bond donors (Lipinski definition) is 1. The molecule has 0 bridgehead atoms. The van der Waals surface area contributed by atoms with Crippen LogP contribution in [-0.2, 0) is 18.4 Å². The lowest BCUT2D eigenvalue weighted by atomic mass is 10.1. The van der Waals surface area contributed by atoms with Crippen molar-refractivity contribution in [2.24, 2.45) is 7.05 Å². The van der Waals surface area contributed by atoms with E-state index in [1.807, 2.05) is 51.4 Å². The molecule has 1 amide bonds. The quantitative estimate of drug-likeness (QED) is 0.788. The summed E-state index contributed by atoms with van der Waals surface area (Å²) in [5.74, 6) is -0.105. The molecule has 1 atom stereocenters. The first-order valence-electron chi connectivity index (χ1n) is 7.12. The molecule has 0 aliphatic rings. The zero-order valence-electron chi connectivity index (χ0n) is 12.8. The van der Waals surface area contributed by atoms with Gasteiger partial charge in [0, 0.05) is 18.8 Å². The summed E-state index contributed by atoms with van der Waals surface area (Å²) >= 11 is 0. The molecule has 1 unspecified atom stereocenters. The maximum Gasteiger partial charge on any atom is 0.242 e. The first kappa shape index (κ1) is 14.2. The van der Waals surface area contributed by atoms with Crippen LogP contribution in [0.5, 0.6) is 0 Å². The average Bonchev–Trinajstić information content (AvgIpc) is 3.02. The van der Waals surface area contributed by atoms with Crippen LogP contribution in [0.15, 0.2) is 30.5 Å². The van der Waals surface area contributed by atoms with E-state index in [9.17, 15) is 4.79 Å². The first-order chi connectivity index (χ1) is 10.5. The van der Waals surface area contributed by atoms with E-state index in [1.165, 1.54) is 0 Å². The molecule has 0 aliphatic heterocycles. The van der Waals surface area contributed by atoms with Gasteiger partial charge < -0.3 is 5.32 Å². The lowest BCUT2D eigenvalue weighted by Gasteiger charge is -2.13. The predicted molar refractivity (Wildman–Crippen MR) is 82.0 cm³/mol. The number of aromatic nitrogens is 5. The van der Waals surface area contributed by atoms with Gasteiger partial charge >= 0.3 is 0 Å². The van der Waals surface area contributed by atoms with Crippen LogP contribution in [0.3, 0.4) is 0 Å². The van der Waals surface area contributed by atoms with Gasteiger partial charge in [-0.2, -0.15) is 5.10 Å². The summed E-state index contributed by atoms with van der Waals surface area (Å²) in [4.78, 5) is 12.2. The van der Waals surface area contributed by atoms with Crippen LogP contribution >= 0.6 is 0 Å². The lowest BCUT2D eigenvalue weighted by Crippen LogP contribution is -2.30. The molecular weight excluding hydrogens is 280 g/mol. The van der Waals surface area contributed by atoms with Gasteiger partial charge in [0.25, 0.3) is 0 Å². The molecular formula is C15H18N6O. The normalized spacial score (nSPS) is 12.5. The maximum absolute atomic E-state index is 12.2. The van der Waals surface area contributed by atoms with Gasteiger partial charge in [-0.3, -0.25) is 9.48 Å². The average molecular weight is 298 g/mol. The highest BCUT2D eigenvalue weighted by atomic mass is 16.2. The molecule has 0 aliphatic carbocycles. The van der Waals surface area contributed by atoms with E-state index in [4.69, 9.17) is 0 Å². The van der Waals surface area contributed by atoms with E-state index in [0.717, 1.165) is 22.3 Å². The minimum Gasteiger partial charge on any atom is -0.348 e. The Bertz CT molecular complexity index is 818. The topological polar surface area (TPSA) is 77.6 Å². The number of amides is 1. The van der Waals surface area contributed by atoms with Crippen molar-refractivity contribution in [3.8, 4) is 0 Å². The molecule has 3 aromatic rings. The van der Waals surface area contributed by atoms with E-state index in [0.29, 0.717) is 0 Å². The Morgan fingerprint density at radius 2 is 2.14 bits per heavy atom. The van der Waals surface area contributed by atoms with Crippen molar-refractivity contribution in [2.45, 2.75) is 26.4 Å². The molecule has 3 rings (SSSR count). The Hall–Kier alpha value is -2.70. The number of nitrogens with one attached hydrogen (secondary N) is 1. The summed E-state index contributed by atoms with van der Waals surface area (Å²) in [6.45, 7) is 4.02. The van der Waals surface area contributed by atoms with Gasteiger partial charge in [-0.25, -0.2) is 4.68 Å². The molecule has 0 saturated carbocycles. The molecule has 0 saturated heterocycles. The number of carbonyl (C=O) groups excluding carboxylic acids is 1. The van der Waals surface area contributed by atoms with Crippen LogP contribution in [0.1, 0.15) is 24.2 Å². The summed E-state index contributed by atoms with van der Waals surface area (Å²) in [5.41, 5.74) is 3.56. The van der Waals surface area contributed by atoms with Crippen molar-refractivity contribution in [1.29, 1.82) is 0 Å². The monoisotopic (exact) mass is 298 g/mol. The van der Waals surface area contributed by atoms with E-state index >= 15 is 0 Å². The number of benzene rings is 1. The lowest BCUT2D eigenvalue weighted by molar-refractivity contribution is -0.122. The Balaban J connectivity index is 1.71. The van der Waals surface area contributed by atoms with Crippen molar-refractivity contribution in [1.82, 2.24) is 30.1 Å². The molecule has 1 aromatic carbocycles. The molecule has 1 N–H and O–H groups in total. The number of para-hydroxylation sites is 1. The van der Waals surface area contributed by atoms with E-state index in [-0.39, 0.29) is 18.5 Å². The first-order valence-corrected chi connectivity index (χ1v) is 7.12. The van der Waals surface area contributed by atoms with Gasteiger partial charge in [-0.05, 0) is 26.0 Å². The SMILES string of the molecule is Cc1nn(C)cc1C(C)NC(=O)Cn1nnc2ccccc21. The summed E-state index contributed by atoms with van der Waals surface area (Å²) in [7, 11) is 1.87. The molecule has 0 radical (unpaired) electrons. The number of aryl methyl sites for hydroxylation is 2. The third kappa shape index (κ3) is 2.69. The number of rotatable bonds is 4. The number of nitrogens with zero attached hydrogens (tertiary/aromatic N) is 5. The van der Waals surface area contributed by atoms with Crippen LogP contribution in [0.4, 0.5) is 0 Å². The van der Waals surface area contributed by atoms with Crippen molar-refractivity contribution in [3.05, 3.63) is 41.7 Å². The molecule has 0 spiro atoms. The van der Waals surface area contributed by atoms with Gasteiger partial charge in [-0.15, -0.1) is 5.10 Å². The zero-order valence-corrected chi connectivity index (χ0v) is 12.8. The van der Waals surface area contributed by atoms with Crippen molar-refractivity contribution < 1.29 is 4.79 Å². The fourth-order valence-corrected chi connectivity index (χ4v) is 2.58. The fraction of sp³-hybridized carbons (Fsp3) is 0.333. The third-order valence-corrected chi connectivity index (χ3v) is 3.61. The zero-order chi connectivity index (χ0) is 15.7. The van der Waals surface area contributed by atoms with Gasteiger partial charge in [0.15, 0.2) is 0 Å². The Morgan fingerprint density at radius 3 is 2.86 bits per heavy atom. The second kappa shape index (κ2) is 5.59. The smallest absolute Gasteiger partial charge is 0.242 e. The van der Waals surface area contributed by atoms with Crippen LogP contribution in [-0.4, -0.2) is 30.7 Å². The van der Waals surface area contributed by atoms with Gasteiger partial charge in [0.2, 0.25) is 5.91 Å². The molecule has 7 nitrogen and oxygen atoms in total. The van der Waals surface area contributed by atoms with Gasteiger partial charge in [0.1, 0.15) is 12.1 Å². The second-order valence-corrected chi connectivity index (χ2v) is 5.37. The predicted octanol–water partition coefficient (Wildman–Crippen LogP) is 1.35. The van der Waals surface area contributed by atoms with Gasteiger partial charge in [0.05, 0.1) is 17.3 Å². The van der Waals surface area contributed by atoms with E-state index < -0.39 is 0 Å². The summed E-state index contributed by atoms with van der Waals surface area (Å²) in [6.07, 6.45) is 1.92. The second-order valence-electron chi connectivity index (χ2n) is 5.37. The number of carbonyl (C=O) groups is 1. The molecule has 2 aromatic heterocycles. The van der Waals surface area contributed by atoms with Crippen molar-refractivity contribution >= 4 is 16.9 Å². The fourth-order valence-electron chi connectivity index (χ4n) is 2.58. The minimum absolute atomic E-state index is 0.101. The van der Waals surface area contributed by atoms with E-state index in [1.54, 1.807) is 9.36 Å². The summed E-state index contributed by atoms with van der Waals surface area (Å²) in [6, 6.07) is 7.47. The van der Waals surface area contributed by atoms with Crippen LogP contribution in [0, 0.1) is 6.92 Å². The minimum atomic E-state index is -0.105. The van der Waals surface area contributed by atoms with E-state index in [2.05, 4.69) is 20.7 Å². The van der Waals surface area contributed by atoms with Crippen LogP contribution in [0.2, 0.25) is 0 Å². The Morgan fingerprint density at radius 1 is 1.36 bits per heavy atom. The molecule has 0 fully saturated rings. The summed E-state index contributed by atoms with van der Waals surface area (Å²) in [5, 5.41) is 15.3. The standard InChI is InChI=1S/C15H18N6O/c1-10(12-8-20(3)18-11(12)2)16-15(22)9-21-14-7-5-4-6-13(14)17-19-21/h4-8,10H,9H2,1-3H3,(H,16,22). The van der Waals surface area contributed by atoms with Gasteiger partial charge in [-0.1, -0.05) is 17.3 Å². The third-order valence-electron chi connectivity index (χ3n) is 3.61. The number of hydrogen-bond acceptors (Lipinski definition) is 4. The highest BCUT2D eigenvalue weighted by molar-refractivity contribution is 5.80. The van der Waals surface area contributed by atoms with Crippen molar-refractivity contribution in [3.63, 3.8) is 0 Å². The van der Waals surface area contributed by atoms with Crippen molar-refractivity contribution in [2.75, 3.05) is 0 Å². The Kier molecular flexibility index (Phi) is 3.62.